The number of likely N-dealkylation sites (N-methyl/N-ethyl adjacent to an activating group) is 1. The highest BCUT2D eigenvalue weighted by Crippen LogP contribution is 2.35. The first-order valence-corrected chi connectivity index (χ1v) is 6.91. The van der Waals surface area contributed by atoms with Gasteiger partial charge in [0.25, 0.3) is 0 Å². The van der Waals surface area contributed by atoms with E-state index in [-0.39, 0.29) is 30.2 Å². The van der Waals surface area contributed by atoms with Gasteiger partial charge in [0.15, 0.2) is 6.04 Å². The molecule has 0 aliphatic carbocycles. The predicted molar refractivity (Wildman–Crippen MR) is 74.5 cm³/mol. The number of cyclic esters (lactones) is 1. The molecule has 0 spiro atoms. The molecular weight excluding hydrogens is 332 g/mol. The minimum atomic E-state index is -4.68. The highest BCUT2D eigenvalue weighted by atomic mass is 19.4. The van der Waals surface area contributed by atoms with Crippen molar-refractivity contribution in [1.29, 1.82) is 0 Å². The van der Waals surface area contributed by atoms with E-state index in [9.17, 15) is 22.4 Å². The van der Waals surface area contributed by atoms with Crippen molar-refractivity contribution in [1.82, 2.24) is 14.8 Å². The van der Waals surface area contributed by atoms with Gasteiger partial charge in [-0.1, -0.05) is 0 Å². The minimum Gasteiger partial charge on any atom is -0.447 e. The number of hydrogen-bond acceptors (Lipinski definition) is 5. The van der Waals surface area contributed by atoms with Crippen LogP contribution < -0.4 is 0 Å². The lowest BCUT2D eigenvalue weighted by Gasteiger charge is -2.38. The van der Waals surface area contributed by atoms with Crippen molar-refractivity contribution in [3.05, 3.63) is 41.7 Å². The van der Waals surface area contributed by atoms with E-state index in [4.69, 9.17) is 4.74 Å². The van der Waals surface area contributed by atoms with Crippen molar-refractivity contribution in [2.75, 3.05) is 20.2 Å². The maximum absolute atomic E-state index is 13.6. The molecule has 24 heavy (non-hydrogen) atoms. The molecule has 0 N–H and O–H groups in total. The third kappa shape index (κ3) is 2.79. The van der Waals surface area contributed by atoms with Crippen LogP contribution in [0.2, 0.25) is 0 Å². The SMILES string of the molecule is CN1C(c2cncc(F)c2)=NC=C(N2CCOC2=O)C1C(F)(F)F. The zero-order chi connectivity index (χ0) is 17.5. The summed E-state index contributed by atoms with van der Waals surface area (Å²) in [6.07, 6.45) is -2.41. The number of nitrogens with zero attached hydrogens (tertiary/aromatic N) is 4. The molecule has 3 rings (SSSR count). The number of aromatic nitrogens is 1. The largest absolute Gasteiger partial charge is 0.447 e. The molecule has 0 bridgehead atoms. The topological polar surface area (TPSA) is 58.0 Å². The lowest BCUT2D eigenvalue weighted by molar-refractivity contribution is -0.164. The second-order valence-corrected chi connectivity index (χ2v) is 5.22. The number of carbonyl (C=O) groups excluding carboxylic acids is 1. The van der Waals surface area contributed by atoms with Gasteiger partial charge in [0, 0.05) is 18.8 Å². The van der Waals surface area contributed by atoms with E-state index in [1.165, 1.54) is 13.2 Å². The molecule has 1 amide bonds. The molecule has 1 atom stereocenters. The van der Waals surface area contributed by atoms with E-state index >= 15 is 0 Å². The molecule has 0 saturated carbocycles. The Balaban J connectivity index is 2.06. The zero-order valence-corrected chi connectivity index (χ0v) is 12.4. The van der Waals surface area contributed by atoms with Gasteiger partial charge in [0.2, 0.25) is 0 Å². The van der Waals surface area contributed by atoms with E-state index < -0.39 is 24.1 Å². The van der Waals surface area contributed by atoms with Crippen LogP contribution in [-0.2, 0) is 4.74 Å². The number of pyridine rings is 1. The Morgan fingerprint density at radius 2 is 2.08 bits per heavy atom. The molecular formula is C14H12F4N4O2. The second kappa shape index (κ2) is 5.77. The highest BCUT2D eigenvalue weighted by Gasteiger charge is 2.50. The van der Waals surface area contributed by atoms with Crippen molar-refractivity contribution in [3.8, 4) is 0 Å². The normalized spacial score (nSPS) is 21.5. The van der Waals surface area contributed by atoms with Gasteiger partial charge in [-0.25, -0.2) is 14.2 Å². The first kappa shape index (κ1) is 16.2. The molecule has 2 aliphatic heterocycles. The number of hydrogen-bond donors (Lipinski definition) is 0. The van der Waals surface area contributed by atoms with Crippen LogP contribution in [0.3, 0.4) is 0 Å². The first-order valence-electron chi connectivity index (χ1n) is 6.91. The summed E-state index contributed by atoms with van der Waals surface area (Å²) in [6.45, 7) is 0.0202. The van der Waals surface area contributed by atoms with Crippen molar-refractivity contribution in [2.45, 2.75) is 12.2 Å². The fourth-order valence-electron chi connectivity index (χ4n) is 2.65. The number of halogens is 4. The molecule has 1 aromatic heterocycles. The summed E-state index contributed by atoms with van der Waals surface area (Å²) in [6, 6.07) is -1.07. The number of aliphatic imine (C=N–C) groups is 1. The van der Waals surface area contributed by atoms with E-state index in [1.54, 1.807) is 0 Å². The van der Waals surface area contributed by atoms with Crippen LogP contribution in [-0.4, -0.2) is 59.1 Å². The van der Waals surface area contributed by atoms with Crippen LogP contribution in [0.1, 0.15) is 5.56 Å². The Morgan fingerprint density at radius 3 is 2.67 bits per heavy atom. The maximum Gasteiger partial charge on any atom is 0.414 e. The Labute approximate surface area is 134 Å². The van der Waals surface area contributed by atoms with Crippen molar-refractivity contribution in [2.24, 2.45) is 4.99 Å². The van der Waals surface area contributed by atoms with Crippen LogP contribution in [0.4, 0.5) is 22.4 Å². The molecule has 3 heterocycles. The summed E-state index contributed by atoms with van der Waals surface area (Å²) >= 11 is 0. The van der Waals surface area contributed by atoms with Gasteiger partial charge in [-0.3, -0.25) is 9.88 Å². The summed E-state index contributed by atoms with van der Waals surface area (Å²) in [5.74, 6) is -0.786. The summed E-state index contributed by atoms with van der Waals surface area (Å²) in [5, 5.41) is 0. The molecule has 1 saturated heterocycles. The third-order valence-electron chi connectivity index (χ3n) is 3.67. The molecule has 0 aromatic carbocycles. The quantitative estimate of drug-likeness (QED) is 0.772. The van der Waals surface area contributed by atoms with Gasteiger partial charge in [0.05, 0.1) is 24.6 Å². The van der Waals surface area contributed by atoms with Gasteiger partial charge in [-0.05, 0) is 6.07 Å². The summed E-state index contributed by atoms with van der Waals surface area (Å²) < 4.78 is 58.8. The maximum atomic E-state index is 13.6. The first-order chi connectivity index (χ1) is 11.3. The number of ether oxygens (including phenoxy) is 1. The molecule has 1 fully saturated rings. The van der Waals surface area contributed by atoms with E-state index in [0.717, 1.165) is 28.3 Å². The van der Waals surface area contributed by atoms with Gasteiger partial charge in [-0.15, -0.1) is 0 Å². The van der Waals surface area contributed by atoms with Crippen molar-refractivity contribution in [3.63, 3.8) is 0 Å². The second-order valence-electron chi connectivity index (χ2n) is 5.22. The van der Waals surface area contributed by atoms with Gasteiger partial charge in [0.1, 0.15) is 18.3 Å². The van der Waals surface area contributed by atoms with Crippen LogP contribution in [0, 0.1) is 5.82 Å². The van der Waals surface area contributed by atoms with Gasteiger partial charge >= 0.3 is 12.3 Å². The van der Waals surface area contributed by atoms with Crippen molar-refractivity contribution < 1.29 is 27.1 Å². The third-order valence-corrected chi connectivity index (χ3v) is 3.67. The van der Waals surface area contributed by atoms with Crippen LogP contribution in [0.15, 0.2) is 35.3 Å². The van der Waals surface area contributed by atoms with E-state index in [2.05, 4.69) is 9.98 Å². The van der Waals surface area contributed by atoms with Crippen molar-refractivity contribution >= 4 is 11.9 Å². The van der Waals surface area contributed by atoms with E-state index in [0.29, 0.717) is 0 Å². The fraction of sp³-hybridized carbons (Fsp3) is 0.357. The Bertz CT molecular complexity index is 732. The number of rotatable bonds is 2. The average Bonchev–Trinajstić information content (AvgIpc) is 2.91. The van der Waals surface area contributed by atoms with Crippen LogP contribution in [0.5, 0.6) is 0 Å². The van der Waals surface area contributed by atoms with Gasteiger partial charge < -0.3 is 9.64 Å². The molecule has 1 unspecified atom stereocenters. The number of amidine groups is 1. The Hall–Kier alpha value is -2.65. The highest BCUT2D eigenvalue weighted by molar-refractivity contribution is 6.00. The molecule has 6 nitrogen and oxygen atoms in total. The minimum absolute atomic E-state index is 0.00878. The molecule has 128 valence electrons. The fourth-order valence-corrected chi connectivity index (χ4v) is 2.65. The van der Waals surface area contributed by atoms with Crippen LogP contribution in [0.25, 0.3) is 0 Å². The summed E-state index contributed by atoms with van der Waals surface area (Å²) in [7, 11) is 1.18. The lowest BCUT2D eigenvalue weighted by Crippen LogP contribution is -2.53. The molecule has 2 aliphatic rings. The summed E-state index contributed by atoms with van der Waals surface area (Å²) in [4.78, 5) is 21.0. The smallest absolute Gasteiger partial charge is 0.414 e. The Kier molecular flexibility index (Phi) is 3.90. The number of carbonyl (C=O) groups is 1. The van der Waals surface area contributed by atoms with E-state index in [1.807, 2.05) is 0 Å². The Morgan fingerprint density at radius 1 is 1.33 bits per heavy atom. The summed E-state index contributed by atoms with van der Waals surface area (Å²) in [5.41, 5.74) is -0.230. The predicted octanol–water partition coefficient (Wildman–Crippen LogP) is 2.14. The number of alkyl halides is 3. The number of amides is 1. The molecule has 0 radical (unpaired) electrons. The zero-order valence-electron chi connectivity index (χ0n) is 12.4. The monoisotopic (exact) mass is 344 g/mol. The molecule has 1 aromatic rings. The lowest BCUT2D eigenvalue weighted by atomic mass is 10.1. The van der Waals surface area contributed by atoms with Gasteiger partial charge in [-0.2, -0.15) is 13.2 Å². The average molecular weight is 344 g/mol. The standard InChI is InChI=1S/C14H12F4N4O2/c1-21-11(14(16,17)18)10(22-2-3-24-13(22)23)7-20-12(21)8-4-9(15)6-19-5-8/h4-7,11H,2-3H2,1H3. The molecule has 10 heteroatoms. The van der Waals surface area contributed by atoms with Crippen LogP contribution >= 0.6 is 0 Å².